The second kappa shape index (κ2) is 8.75. The van der Waals surface area contributed by atoms with Gasteiger partial charge in [0.1, 0.15) is 0 Å². The second-order valence-electron chi connectivity index (χ2n) is 3.23. The summed E-state index contributed by atoms with van der Waals surface area (Å²) in [6.07, 6.45) is 6.89. The largest absolute Gasteiger partial charge is 0.478 e. The molecule has 0 fully saturated rings. The number of carboxylic acids is 2. The van der Waals surface area contributed by atoms with Gasteiger partial charge in [0, 0.05) is 0 Å². The highest BCUT2D eigenvalue weighted by Gasteiger charge is 2.13. The molecule has 0 aliphatic carbocycles. The van der Waals surface area contributed by atoms with Gasteiger partial charge in [0.05, 0.1) is 11.1 Å². The number of hydrogen-bond donors (Lipinski definition) is 2. The predicted octanol–water partition coefficient (Wildman–Crippen LogP) is 3.22. The Bertz CT molecular complexity index is 414. The smallest absolute Gasteiger partial charge is 0.336 e. The zero-order valence-electron chi connectivity index (χ0n) is 10.2. The van der Waals surface area contributed by atoms with Gasteiger partial charge in [-0.05, 0) is 18.6 Å². The monoisotopic (exact) mass is 248 g/mol. The van der Waals surface area contributed by atoms with Crippen LogP contribution in [0.4, 0.5) is 0 Å². The number of carbonyl (C=O) groups is 2. The van der Waals surface area contributed by atoms with Gasteiger partial charge in [-0.25, -0.2) is 9.59 Å². The van der Waals surface area contributed by atoms with E-state index in [1.54, 1.807) is 6.08 Å². The molecule has 0 heterocycles. The molecule has 4 heteroatoms. The maximum Gasteiger partial charge on any atom is 0.336 e. The molecule has 4 nitrogen and oxygen atoms in total. The van der Waals surface area contributed by atoms with Crippen LogP contribution in [-0.2, 0) is 0 Å². The highest BCUT2D eigenvalue weighted by Crippen LogP contribution is 2.07. The number of hydrogen-bond acceptors (Lipinski definition) is 2. The van der Waals surface area contributed by atoms with Gasteiger partial charge >= 0.3 is 11.9 Å². The highest BCUT2D eigenvalue weighted by molar-refractivity contribution is 6.01. The fraction of sp³-hybridized carbons (Fsp3) is 0.143. The molecular formula is C14H16O4. The lowest BCUT2D eigenvalue weighted by Crippen LogP contribution is -2.06. The van der Waals surface area contributed by atoms with Crippen molar-refractivity contribution in [1.82, 2.24) is 0 Å². The SMILES string of the molecule is C=CC=CCC.O=C(O)c1ccccc1C(=O)O. The third-order valence-electron chi connectivity index (χ3n) is 1.90. The quantitative estimate of drug-likeness (QED) is 0.802. The molecule has 0 amide bonds. The summed E-state index contributed by atoms with van der Waals surface area (Å²) in [6, 6.07) is 5.48. The molecule has 0 saturated heterocycles. The first kappa shape index (κ1) is 15.6. The molecule has 2 N–H and O–H groups in total. The first-order valence-electron chi connectivity index (χ1n) is 5.37. The lowest BCUT2D eigenvalue weighted by atomic mass is 10.1. The summed E-state index contributed by atoms with van der Waals surface area (Å²) >= 11 is 0. The Balaban J connectivity index is 0.000000411. The zero-order valence-corrected chi connectivity index (χ0v) is 10.2. The van der Waals surface area contributed by atoms with E-state index in [0.29, 0.717) is 0 Å². The standard InChI is InChI=1S/C8H6O4.C6H10/c9-7(10)5-3-1-2-4-6(5)8(11)12;1-3-5-6-4-2/h1-4H,(H,9,10)(H,11,12);3,5-6H,1,4H2,2H3. The van der Waals surface area contributed by atoms with Gasteiger partial charge in [0.15, 0.2) is 0 Å². The van der Waals surface area contributed by atoms with Gasteiger partial charge in [0.2, 0.25) is 0 Å². The molecule has 0 spiro atoms. The molecule has 0 radical (unpaired) electrons. The van der Waals surface area contributed by atoms with E-state index < -0.39 is 11.9 Å². The van der Waals surface area contributed by atoms with Gasteiger partial charge in [-0.1, -0.05) is 43.9 Å². The molecular weight excluding hydrogens is 232 g/mol. The van der Waals surface area contributed by atoms with Crippen LogP contribution in [0, 0.1) is 0 Å². The molecule has 0 atom stereocenters. The molecule has 0 saturated carbocycles. The zero-order chi connectivity index (χ0) is 14.0. The van der Waals surface area contributed by atoms with Crippen LogP contribution in [0.5, 0.6) is 0 Å². The van der Waals surface area contributed by atoms with E-state index in [2.05, 4.69) is 19.6 Å². The van der Waals surface area contributed by atoms with Crippen molar-refractivity contribution in [3.63, 3.8) is 0 Å². The van der Waals surface area contributed by atoms with Crippen molar-refractivity contribution in [2.45, 2.75) is 13.3 Å². The summed E-state index contributed by atoms with van der Waals surface area (Å²) in [5.74, 6) is -2.46. The highest BCUT2D eigenvalue weighted by atomic mass is 16.4. The number of carboxylic acid groups (broad SMARTS) is 2. The minimum atomic E-state index is -1.23. The molecule has 96 valence electrons. The van der Waals surface area contributed by atoms with Crippen LogP contribution in [-0.4, -0.2) is 22.2 Å². The lowest BCUT2D eigenvalue weighted by Gasteiger charge is -1.98. The number of rotatable bonds is 4. The molecule has 0 bridgehead atoms. The maximum absolute atomic E-state index is 10.5. The molecule has 1 aromatic rings. The van der Waals surface area contributed by atoms with E-state index >= 15 is 0 Å². The molecule has 0 aliphatic rings. The Kier molecular flexibility index (Phi) is 7.61. The van der Waals surface area contributed by atoms with Crippen LogP contribution in [0.1, 0.15) is 34.1 Å². The minimum absolute atomic E-state index is 0.190. The summed E-state index contributed by atoms with van der Waals surface area (Å²) in [6.45, 7) is 5.61. The number of aromatic carboxylic acids is 2. The summed E-state index contributed by atoms with van der Waals surface area (Å²) in [5, 5.41) is 17.1. The van der Waals surface area contributed by atoms with E-state index in [9.17, 15) is 9.59 Å². The van der Waals surface area contributed by atoms with Crippen LogP contribution >= 0.6 is 0 Å². The van der Waals surface area contributed by atoms with Gasteiger partial charge < -0.3 is 10.2 Å². The summed E-state index contributed by atoms with van der Waals surface area (Å²) in [5.41, 5.74) is -0.380. The summed E-state index contributed by atoms with van der Waals surface area (Å²) in [4.78, 5) is 20.9. The van der Waals surface area contributed by atoms with Crippen LogP contribution < -0.4 is 0 Å². The van der Waals surface area contributed by atoms with Crippen molar-refractivity contribution < 1.29 is 19.8 Å². The molecule has 1 rings (SSSR count). The van der Waals surface area contributed by atoms with Gasteiger partial charge in [-0.15, -0.1) is 0 Å². The second-order valence-corrected chi connectivity index (χ2v) is 3.23. The Morgan fingerprint density at radius 3 is 1.83 bits per heavy atom. The number of benzene rings is 1. The first-order chi connectivity index (χ1) is 8.54. The Morgan fingerprint density at radius 1 is 1.17 bits per heavy atom. The normalized spacial score (nSPS) is 9.39. The predicted molar refractivity (Wildman–Crippen MR) is 70.0 cm³/mol. The first-order valence-corrected chi connectivity index (χ1v) is 5.37. The van der Waals surface area contributed by atoms with Crippen molar-refractivity contribution in [2.24, 2.45) is 0 Å². The van der Waals surface area contributed by atoms with Crippen molar-refractivity contribution in [3.8, 4) is 0 Å². The molecule has 1 aromatic carbocycles. The minimum Gasteiger partial charge on any atom is -0.478 e. The van der Waals surface area contributed by atoms with E-state index in [-0.39, 0.29) is 11.1 Å². The van der Waals surface area contributed by atoms with E-state index in [1.165, 1.54) is 24.3 Å². The molecule has 18 heavy (non-hydrogen) atoms. The number of allylic oxidation sites excluding steroid dienone is 3. The van der Waals surface area contributed by atoms with Crippen molar-refractivity contribution in [2.75, 3.05) is 0 Å². The Morgan fingerprint density at radius 2 is 1.61 bits per heavy atom. The third kappa shape index (κ3) is 5.65. The summed E-state index contributed by atoms with van der Waals surface area (Å²) in [7, 11) is 0. The van der Waals surface area contributed by atoms with Gasteiger partial charge in [-0.3, -0.25) is 0 Å². The van der Waals surface area contributed by atoms with E-state index in [0.717, 1.165) is 6.42 Å². The van der Waals surface area contributed by atoms with Crippen molar-refractivity contribution in [1.29, 1.82) is 0 Å². The average molecular weight is 248 g/mol. The average Bonchev–Trinajstić information content (AvgIpc) is 2.37. The topological polar surface area (TPSA) is 74.6 Å². The summed E-state index contributed by atoms with van der Waals surface area (Å²) < 4.78 is 0. The Hall–Kier alpha value is -2.36. The van der Waals surface area contributed by atoms with Crippen LogP contribution in [0.2, 0.25) is 0 Å². The van der Waals surface area contributed by atoms with Crippen LogP contribution in [0.25, 0.3) is 0 Å². The van der Waals surface area contributed by atoms with E-state index in [1.807, 2.05) is 6.08 Å². The van der Waals surface area contributed by atoms with Crippen molar-refractivity contribution in [3.05, 3.63) is 60.2 Å². The van der Waals surface area contributed by atoms with Crippen LogP contribution in [0.3, 0.4) is 0 Å². The molecule has 0 aromatic heterocycles. The fourth-order valence-electron chi connectivity index (χ4n) is 1.09. The fourth-order valence-corrected chi connectivity index (χ4v) is 1.09. The third-order valence-corrected chi connectivity index (χ3v) is 1.90. The van der Waals surface area contributed by atoms with Crippen molar-refractivity contribution >= 4 is 11.9 Å². The Labute approximate surface area is 106 Å². The van der Waals surface area contributed by atoms with Gasteiger partial charge in [-0.2, -0.15) is 0 Å². The molecule has 0 unspecified atom stereocenters. The molecule has 0 aliphatic heterocycles. The maximum atomic E-state index is 10.5. The van der Waals surface area contributed by atoms with Gasteiger partial charge in [0.25, 0.3) is 0 Å². The van der Waals surface area contributed by atoms with Crippen LogP contribution in [0.15, 0.2) is 49.1 Å². The lowest BCUT2D eigenvalue weighted by molar-refractivity contribution is 0.0651. The van der Waals surface area contributed by atoms with E-state index in [4.69, 9.17) is 10.2 Å².